The minimum absolute atomic E-state index is 0.188. The Hall–Kier alpha value is -4.11. The van der Waals surface area contributed by atoms with Crippen LogP contribution < -0.4 is 10.5 Å². The SMILES string of the molecule is [2H]C([2H])(F)Oc1ccc(-c2ccc3nc(-c4nccnc4N)n(-c4ccc(CCl)cc4)c3n2)cn1. The lowest BCUT2D eigenvalue weighted by atomic mass is 10.2. The summed E-state index contributed by atoms with van der Waals surface area (Å²) >= 11 is 5.96. The molecule has 2 N–H and O–H groups in total. The monoisotopic (exact) mass is 463 g/mol. The molecule has 10 heteroatoms. The fraction of sp³-hybridized carbons (Fsp3) is 0.0870. The molecule has 1 aromatic carbocycles. The lowest BCUT2D eigenvalue weighted by Gasteiger charge is -2.10. The smallest absolute Gasteiger partial charge is 0.230 e. The molecule has 0 fully saturated rings. The maximum absolute atomic E-state index is 13.1. The lowest BCUT2D eigenvalue weighted by Crippen LogP contribution is -2.04. The van der Waals surface area contributed by atoms with Gasteiger partial charge in [-0.3, -0.25) is 4.57 Å². The number of imidazole rings is 1. The summed E-state index contributed by atoms with van der Waals surface area (Å²) < 4.78 is 33.2. The van der Waals surface area contributed by atoms with Crippen LogP contribution in [0.4, 0.5) is 10.2 Å². The van der Waals surface area contributed by atoms with Crippen LogP contribution >= 0.6 is 11.6 Å². The Labute approximate surface area is 195 Å². The summed E-state index contributed by atoms with van der Waals surface area (Å²) in [6.45, 7) is -3.32. The number of hydrogen-bond acceptors (Lipinski definition) is 7. The van der Waals surface area contributed by atoms with Crippen LogP contribution in [0, 0.1) is 0 Å². The van der Waals surface area contributed by atoms with Crippen LogP contribution in [-0.4, -0.2) is 36.3 Å². The number of nitrogens with two attached hydrogens (primary N) is 1. The fourth-order valence-electron chi connectivity index (χ4n) is 3.41. The number of benzene rings is 1. The van der Waals surface area contributed by atoms with Gasteiger partial charge in [0, 0.05) is 41.8 Å². The first-order chi connectivity index (χ1) is 16.8. The molecule has 5 aromatic rings. The summed E-state index contributed by atoms with van der Waals surface area (Å²) in [5.74, 6) is 0.899. The number of anilines is 1. The van der Waals surface area contributed by atoms with Crippen molar-refractivity contribution in [2.45, 2.75) is 5.88 Å². The predicted octanol–water partition coefficient (Wildman–Crippen LogP) is 4.57. The first-order valence-corrected chi connectivity index (χ1v) is 10.3. The molecule has 33 heavy (non-hydrogen) atoms. The van der Waals surface area contributed by atoms with Crippen molar-refractivity contribution >= 4 is 28.6 Å². The fourth-order valence-corrected chi connectivity index (χ4v) is 3.59. The van der Waals surface area contributed by atoms with Crippen LogP contribution in [-0.2, 0) is 5.88 Å². The molecule has 0 bridgehead atoms. The maximum atomic E-state index is 13.1. The molecule has 0 aliphatic rings. The highest BCUT2D eigenvalue weighted by Gasteiger charge is 2.19. The van der Waals surface area contributed by atoms with Crippen molar-refractivity contribution in [3.63, 3.8) is 0 Å². The number of fused-ring (bicyclic) bond motifs is 1. The number of halogens is 2. The van der Waals surface area contributed by atoms with E-state index in [0.717, 1.165) is 11.3 Å². The van der Waals surface area contributed by atoms with E-state index in [9.17, 15) is 4.39 Å². The summed E-state index contributed by atoms with van der Waals surface area (Å²) in [4.78, 5) is 22.0. The van der Waals surface area contributed by atoms with Gasteiger partial charge in [-0.15, -0.1) is 11.6 Å². The Morgan fingerprint density at radius 3 is 2.52 bits per heavy atom. The Morgan fingerprint density at radius 2 is 1.82 bits per heavy atom. The van der Waals surface area contributed by atoms with Gasteiger partial charge in [0.2, 0.25) is 12.7 Å². The number of ether oxygens (including phenoxy) is 1. The van der Waals surface area contributed by atoms with Crippen LogP contribution in [0.2, 0.25) is 0 Å². The van der Waals surface area contributed by atoms with E-state index in [4.69, 9.17) is 30.0 Å². The number of pyridine rings is 2. The van der Waals surface area contributed by atoms with Gasteiger partial charge in [0.1, 0.15) is 14.0 Å². The molecule has 0 saturated heterocycles. The number of alkyl halides is 2. The first kappa shape index (κ1) is 18.5. The minimum atomic E-state index is -3.32. The highest BCUT2D eigenvalue weighted by Crippen LogP contribution is 2.30. The third-order valence-corrected chi connectivity index (χ3v) is 5.28. The van der Waals surface area contributed by atoms with Gasteiger partial charge in [0.25, 0.3) is 0 Å². The van der Waals surface area contributed by atoms with Crippen molar-refractivity contribution in [1.82, 2.24) is 29.5 Å². The van der Waals surface area contributed by atoms with Gasteiger partial charge in [0.15, 0.2) is 17.3 Å². The number of nitrogen functional groups attached to an aromatic ring is 1. The zero-order valence-corrected chi connectivity index (χ0v) is 17.7. The third-order valence-electron chi connectivity index (χ3n) is 4.97. The van der Waals surface area contributed by atoms with Crippen LogP contribution in [0.1, 0.15) is 8.30 Å². The van der Waals surface area contributed by atoms with Gasteiger partial charge >= 0.3 is 0 Å². The minimum Gasteiger partial charge on any atom is -0.446 e. The molecule has 8 nitrogen and oxygen atoms in total. The molecule has 0 spiro atoms. The van der Waals surface area contributed by atoms with E-state index < -0.39 is 6.81 Å². The Balaban J connectivity index is 1.66. The first-order valence-electron chi connectivity index (χ1n) is 10.8. The highest BCUT2D eigenvalue weighted by atomic mass is 35.5. The third kappa shape index (κ3) is 3.94. The van der Waals surface area contributed by atoms with Crippen LogP contribution in [0.3, 0.4) is 0 Å². The lowest BCUT2D eigenvalue weighted by molar-refractivity contribution is 0.185. The molecule has 0 amide bonds. The van der Waals surface area contributed by atoms with E-state index in [-0.39, 0.29) is 11.7 Å². The van der Waals surface area contributed by atoms with Crippen molar-refractivity contribution < 1.29 is 11.9 Å². The van der Waals surface area contributed by atoms with E-state index in [0.29, 0.717) is 39.8 Å². The summed E-state index contributed by atoms with van der Waals surface area (Å²) in [5, 5.41) is 0. The maximum Gasteiger partial charge on any atom is 0.230 e. The average molecular weight is 464 g/mol. The zero-order valence-electron chi connectivity index (χ0n) is 19.0. The molecule has 0 aliphatic heterocycles. The summed E-state index contributed by atoms with van der Waals surface area (Å²) in [7, 11) is 0. The number of rotatable bonds is 6. The second kappa shape index (κ2) is 8.79. The second-order valence-electron chi connectivity index (χ2n) is 6.96. The van der Waals surface area contributed by atoms with Crippen LogP contribution in [0.15, 0.2) is 67.1 Å². The Morgan fingerprint density at radius 1 is 1.00 bits per heavy atom. The second-order valence-corrected chi connectivity index (χ2v) is 7.23. The van der Waals surface area contributed by atoms with Crippen molar-refractivity contribution in [2.75, 3.05) is 12.5 Å². The van der Waals surface area contributed by atoms with Crippen molar-refractivity contribution in [3.8, 4) is 34.3 Å². The van der Waals surface area contributed by atoms with Gasteiger partial charge in [-0.25, -0.2) is 29.3 Å². The summed E-state index contributed by atoms with van der Waals surface area (Å²) in [5.41, 5.74) is 10.6. The van der Waals surface area contributed by atoms with E-state index in [2.05, 4.69) is 19.7 Å². The largest absolute Gasteiger partial charge is 0.446 e. The molecule has 4 aromatic heterocycles. The van der Waals surface area contributed by atoms with Gasteiger partial charge < -0.3 is 10.5 Å². The average Bonchev–Trinajstić information content (AvgIpc) is 3.22. The summed E-state index contributed by atoms with van der Waals surface area (Å²) in [6.07, 6.45) is 4.47. The molecule has 5 rings (SSSR count). The van der Waals surface area contributed by atoms with Crippen molar-refractivity contribution in [3.05, 3.63) is 72.7 Å². The van der Waals surface area contributed by atoms with Gasteiger partial charge in [-0.1, -0.05) is 12.1 Å². The molecule has 0 unspecified atom stereocenters. The number of hydrogen-bond donors (Lipinski definition) is 1. The molecule has 0 aliphatic carbocycles. The topological polar surface area (TPSA) is 105 Å². The van der Waals surface area contributed by atoms with E-state index in [1.807, 2.05) is 34.9 Å². The van der Waals surface area contributed by atoms with Gasteiger partial charge in [-0.05, 0) is 35.9 Å². The predicted molar refractivity (Wildman–Crippen MR) is 124 cm³/mol. The Bertz CT molecular complexity index is 1510. The van der Waals surface area contributed by atoms with Crippen LogP contribution in [0.25, 0.3) is 39.6 Å². The quantitative estimate of drug-likeness (QED) is 0.368. The van der Waals surface area contributed by atoms with Crippen molar-refractivity contribution in [1.29, 1.82) is 0 Å². The number of aromatic nitrogens is 6. The molecule has 4 heterocycles. The molecule has 0 radical (unpaired) electrons. The molecular weight excluding hydrogens is 445 g/mol. The zero-order chi connectivity index (χ0) is 24.6. The molecule has 164 valence electrons. The normalized spacial score (nSPS) is 12.4. The standard InChI is InChI=1S/C23H17ClFN7O/c24-11-14-1-4-16(5-2-14)32-22-18(31-23(32)20-21(26)28-10-9-27-20)7-6-17(30-22)15-3-8-19(29-12-15)33-13-25/h1-10,12H,11,13H2,(H2,26,28)/i13D2. The van der Waals surface area contributed by atoms with Gasteiger partial charge in [0.05, 0.1) is 5.69 Å². The molecule has 0 atom stereocenters. The molecular formula is C23H17ClFN7O. The van der Waals surface area contributed by atoms with E-state index in [1.54, 1.807) is 18.3 Å². The summed E-state index contributed by atoms with van der Waals surface area (Å²) in [6, 6.07) is 14.2. The van der Waals surface area contributed by atoms with Gasteiger partial charge in [-0.2, -0.15) is 0 Å². The highest BCUT2D eigenvalue weighted by molar-refractivity contribution is 6.17. The molecule has 0 saturated carbocycles. The van der Waals surface area contributed by atoms with Crippen LogP contribution in [0.5, 0.6) is 5.88 Å². The Kier molecular flexibility index (Phi) is 4.92. The van der Waals surface area contributed by atoms with Crippen molar-refractivity contribution in [2.24, 2.45) is 0 Å². The van der Waals surface area contributed by atoms with E-state index in [1.165, 1.54) is 18.5 Å². The number of nitrogens with zero attached hydrogens (tertiary/aromatic N) is 6. The van der Waals surface area contributed by atoms with E-state index >= 15 is 0 Å².